The number of benzene rings is 2. The highest BCUT2D eigenvalue weighted by Crippen LogP contribution is 2.24. The molecule has 0 aliphatic carbocycles. The van der Waals surface area contributed by atoms with Gasteiger partial charge in [0.1, 0.15) is 5.54 Å². The van der Waals surface area contributed by atoms with E-state index in [1.165, 1.54) is 0 Å². The first-order chi connectivity index (χ1) is 12.9. The van der Waals surface area contributed by atoms with Crippen molar-refractivity contribution in [1.29, 1.82) is 0 Å². The van der Waals surface area contributed by atoms with Gasteiger partial charge in [-0.25, -0.2) is 4.79 Å². The van der Waals surface area contributed by atoms with Gasteiger partial charge in [-0.05, 0) is 48.9 Å². The number of carbonyl (C=O) groups excluding carboxylic acids is 3. The van der Waals surface area contributed by atoms with Crippen molar-refractivity contribution in [2.24, 2.45) is 0 Å². The van der Waals surface area contributed by atoms with Crippen LogP contribution in [0, 0.1) is 0 Å². The smallest absolute Gasteiger partial charge is 0.322 e. The van der Waals surface area contributed by atoms with Gasteiger partial charge in [-0.2, -0.15) is 0 Å². The molecular weight excluding hydrogens is 344 g/mol. The Morgan fingerprint density at radius 3 is 2.48 bits per heavy atom. The molecule has 0 bridgehead atoms. The summed E-state index contributed by atoms with van der Waals surface area (Å²) in [6, 6.07) is 13.7. The maximum absolute atomic E-state index is 12.5. The summed E-state index contributed by atoms with van der Waals surface area (Å²) in [4.78, 5) is 35.9. The van der Waals surface area contributed by atoms with Crippen molar-refractivity contribution < 1.29 is 14.4 Å². The van der Waals surface area contributed by atoms with E-state index in [0.717, 1.165) is 18.7 Å². The fourth-order valence-corrected chi connectivity index (χ4v) is 2.93. The maximum atomic E-state index is 12.5. The standard InChI is InChI=1S/C20H22N4O3/c1-3-21-12-13-5-4-6-16(11-13)22-17(25)14-7-9-15(10-8-14)20(2)18(26)23-19(27)24-20/h4-11,21H,3,12H2,1-2H3,(H,22,25)(H2,23,24,26,27). The van der Waals surface area contributed by atoms with Crippen LogP contribution in [0.4, 0.5) is 10.5 Å². The van der Waals surface area contributed by atoms with Gasteiger partial charge in [0.2, 0.25) is 0 Å². The molecule has 2 aromatic carbocycles. The van der Waals surface area contributed by atoms with E-state index >= 15 is 0 Å². The summed E-state index contributed by atoms with van der Waals surface area (Å²) >= 11 is 0. The van der Waals surface area contributed by atoms with E-state index in [4.69, 9.17) is 0 Å². The van der Waals surface area contributed by atoms with Crippen LogP contribution >= 0.6 is 0 Å². The molecule has 27 heavy (non-hydrogen) atoms. The van der Waals surface area contributed by atoms with Crippen LogP contribution in [0.1, 0.15) is 35.3 Å². The number of imide groups is 1. The molecular formula is C20H22N4O3. The Morgan fingerprint density at radius 2 is 1.85 bits per heavy atom. The van der Waals surface area contributed by atoms with Crippen LogP contribution in [0.5, 0.6) is 0 Å². The zero-order chi connectivity index (χ0) is 19.4. The molecule has 7 nitrogen and oxygen atoms in total. The van der Waals surface area contributed by atoms with Crippen LogP contribution in [0.25, 0.3) is 0 Å². The van der Waals surface area contributed by atoms with Gasteiger partial charge in [0.05, 0.1) is 0 Å². The minimum Gasteiger partial charge on any atom is -0.322 e. The largest absolute Gasteiger partial charge is 0.322 e. The average Bonchev–Trinajstić information content (AvgIpc) is 2.93. The van der Waals surface area contributed by atoms with E-state index in [2.05, 4.69) is 21.3 Å². The summed E-state index contributed by atoms with van der Waals surface area (Å²) in [5, 5.41) is 10.9. The number of nitrogens with one attached hydrogen (secondary N) is 4. The second-order valence-corrected chi connectivity index (χ2v) is 6.55. The van der Waals surface area contributed by atoms with E-state index in [0.29, 0.717) is 16.8 Å². The lowest BCUT2D eigenvalue weighted by Crippen LogP contribution is -2.40. The first-order valence-electron chi connectivity index (χ1n) is 8.77. The lowest BCUT2D eigenvalue weighted by Gasteiger charge is -2.21. The van der Waals surface area contributed by atoms with Gasteiger partial charge in [0.15, 0.2) is 0 Å². The zero-order valence-corrected chi connectivity index (χ0v) is 15.3. The Kier molecular flexibility index (Phi) is 5.23. The molecule has 0 aromatic heterocycles. The second kappa shape index (κ2) is 7.59. The molecule has 0 radical (unpaired) electrons. The summed E-state index contributed by atoms with van der Waals surface area (Å²) < 4.78 is 0. The van der Waals surface area contributed by atoms with Crippen LogP contribution in [0.2, 0.25) is 0 Å². The first kappa shape index (κ1) is 18.6. The quantitative estimate of drug-likeness (QED) is 0.588. The van der Waals surface area contributed by atoms with E-state index in [-0.39, 0.29) is 5.91 Å². The predicted molar refractivity (Wildman–Crippen MR) is 102 cm³/mol. The molecule has 1 unspecified atom stereocenters. The molecule has 1 aliphatic heterocycles. The zero-order valence-electron chi connectivity index (χ0n) is 15.3. The molecule has 1 saturated heterocycles. The number of rotatable bonds is 6. The summed E-state index contributed by atoms with van der Waals surface area (Å²) in [5.74, 6) is -0.658. The lowest BCUT2D eigenvalue weighted by atomic mass is 9.91. The van der Waals surface area contributed by atoms with Crippen molar-refractivity contribution in [3.8, 4) is 0 Å². The van der Waals surface area contributed by atoms with Crippen LogP contribution in [-0.2, 0) is 16.9 Å². The second-order valence-electron chi connectivity index (χ2n) is 6.55. The highest BCUT2D eigenvalue weighted by molar-refractivity contribution is 6.07. The fraction of sp³-hybridized carbons (Fsp3) is 0.250. The van der Waals surface area contributed by atoms with Crippen LogP contribution in [0.3, 0.4) is 0 Å². The SMILES string of the molecule is CCNCc1cccc(NC(=O)c2ccc(C3(C)NC(=O)NC3=O)cc2)c1. The molecule has 4 amide bonds. The third kappa shape index (κ3) is 3.98. The van der Waals surface area contributed by atoms with Crippen molar-refractivity contribution in [2.75, 3.05) is 11.9 Å². The van der Waals surface area contributed by atoms with Crippen LogP contribution in [0.15, 0.2) is 48.5 Å². The molecule has 1 heterocycles. The maximum Gasteiger partial charge on any atom is 0.322 e. The molecule has 140 valence electrons. The van der Waals surface area contributed by atoms with Gasteiger partial charge < -0.3 is 16.0 Å². The average molecular weight is 366 g/mol. The van der Waals surface area contributed by atoms with E-state index < -0.39 is 17.5 Å². The monoisotopic (exact) mass is 366 g/mol. The van der Waals surface area contributed by atoms with Crippen molar-refractivity contribution in [3.05, 3.63) is 65.2 Å². The van der Waals surface area contributed by atoms with Crippen LogP contribution < -0.4 is 21.3 Å². The fourth-order valence-electron chi connectivity index (χ4n) is 2.93. The van der Waals surface area contributed by atoms with Gasteiger partial charge in [-0.3, -0.25) is 14.9 Å². The highest BCUT2D eigenvalue weighted by atomic mass is 16.2. The molecule has 1 aliphatic rings. The third-order valence-electron chi connectivity index (χ3n) is 4.53. The molecule has 1 atom stereocenters. The summed E-state index contributed by atoms with van der Waals surface area (Å²) in [5.41, 5.74) is 1.74. The molecule has 0 saturated carbocycles. The van der Waals surface area contributed by atoms with Crippen LogP contribution in [-0.4, -0.2) is 24.4 Å². The molecule has 0 spiro atoms. The number of amides is 4. The minimum atomic E-state index is -1.13. The third-order valence-corrected chi connectivity index (χ3v) is 4.53. The Bertz CT molecular complexity index is 879. The minimum absolute atomic E-state index is 0.243. The van der Waals surface area contributed by atoms with Gasteiger partial charge >= 0.3 is 6.03 Å². The number of hydrogen-bond acceptors (Lipinski definition) is 4. The first-order valence-corrected chi connectivity index (χ1v) is 8.77. The summed E-state index contributed by atoms with van der Waals surface area (Å²) in [6.45, 7) is 5.27. The number of anilines is 1. The number of carbonyl (C=O) groups is 3. The van der Waals surface area contributed by atoms with Gasteiger partial charge in [0.25, 0.3) is 11.8 Å². The predicted octanol–water partition coefficient (Wildman–Crippen LogP) is 2.10. The Hall–Kier alpha value is -3.19. The van der Waals surface area contributed by atoms with Gasteiger partial charge in [-0.1, -0.05) is 31.2 Å². The van der Waals surface area contributed by atoms with Crippen molar-refractivity contribution in [1.82, 2.24) is 16.0 Å². The summed E-state index contributed by atoms with van der Waals surface area (Å²) in [6.07, 6.45) is 0. The molecule has 4 N–H and O–H groups in total. The van der Waals surface area contributed by atoms with Gasteiger partial charge in [0, 0.05) is 17.8 Å². The molecule has 3 rings (SSSR count). The van der Waals surface area contributed by atoms with E-state index in [9.17, 15) is 14.4 Å². The van der Waals surface area contributed by atoms with E-state index in [1.807, 2.05) is 31.2 Å². The van der Waals surface area contributed by atoms with Gasteiger partial charge in [-0.15, -0.1) is 0 Å². The van der Waals surface area contributed by atoms with Crippen molar-refractivity contribution >= 4 is 23.5 Å². The molecule has 2 aromatic rings. The van der Waals surface area contributed by atoms with Crippen molar-refractivity contribution in [3.63, 3.8) is 0 Å². The lowest BCUT2D eigenvalue weighted by molar-refractivity contribution is -0.123. The summed E-state index contributed by atoms with van der Waals surface area (Å²) in [7, 11) is 0. The topological polar surface area (TPSA) is 99.3 Å². The highest BCUT2D eigenvalue weighted by Gasteiger charge is 2.43. The molecule has 1 fully saturated rings. The van der Waals surface area contributed by atoms with E-state index in [1.54, 1.807) is 31.2 Å². The van der Waals surface area contributed by atoms with Crippen molar-refractivity contribution in [2.45, 2.75) is 25.9 Å². The number of urea groups is 1. The Labute approximate surface area is 157 Å². The molecule has 7 heteroatoms. The normalized spacial score (nSPS) is 18.7. The Morgan fingerprint density at radius 1 is 1.11 bits per heavy atom. The Balaban J connectivity index is 1.71. The number of hydrogen-bond donors (Lipinski definition) is 4.